The molecule has 0 bridgehead atoms. The van der Waals surface area contributed by atoms with Crippen molar-refractivity contribution in [1.82, 2.24) is 0 Å². The summed E-state index contributed by atoms with van der Waals surface area (Å²) in [7, 11) is 0. The van der Waals surface area contributed by atoms with E-state index in [4.69, 9.17) is 0 Å². The van der Waals surface area contributed by atoms with E-state index in [1.165, 1.54) is 93.6 Å². The predicted octanol–water partition coefficient (Wildman–Crippen LogP) is 12.7. The Bertz CT molecular complexity index is 2750. The van der Waals surface area contributed by atoms with E-state index >= 15 is 0 Å². The first-order valence-electron chi connectivity index (χ1n) is 18.1. The highest BCUT2D eigenvalue weighted by Crippen LogP contribution is 2.70. The number of nitrogens with zero attached hydrogens (tertiary/aromatic N) is 1. The third kappa shape index (κ3) is 3.28. The molecule has 242 valence electrons. The molecular weight excluding hydrogens is 647 g/mol. The molecule has 0 fully saturated rings. The average molecular weight is 678 g/mol. The molecule has 1 heterocycles. The number of benzene rings is 8. The predicted molar refractivity (Wildman–Crippen MR) is 213 cm³/mol. The van der Waals surface area contributed by atoms with Gasteiger partial charge in [0.15, 0.2) is 0 Å². The van der Waals surface area contributed by atoms with E-state index < -0.39 is 10.8 Å². The van der Waals surface area contributed by atoms with Gasteiger partial charge in [-0.05, 0) is 91.5 Å². The molecule has 1 spiro atoms. The summed E-state index contributed by atoms with van der Waals surface area (Å²) in [6.45, 7) is 0. The van der Waals surface area contributed by atoms with Crippen LogP contribution >= 0.6 is 11.8 Å². The Balaban J connectivity index is 1.28. The summed E-state index contributed by atoms with van der Waals surface area (Å²) < 4.78 is 0. The number of rotatable bonds is 2. The van der Waals surface area contributed by atoms with Crippen molar-refractivity contribution in [1.29, 1.82) is 0 Å². The summed E-state index contributed by atoms with van der Waals surface area (Å²) in [5.41, 5.74) is 18.8. The molecule has 2 heteroatoms. The lowest BCUT2D eigenvalue weighted by molar-refractivity contribution is 0.636. The summed E-state index contributed by atoms with van der Waals surface area (Å²) in [4.78, 5) is 5.09. The van der Waals surface area contributed by atoms with Crippen LogP contribution in [0.1, 0.15) is 44.5 Å². The first-order chi connectivity index (χ1) is 25.8. The molecule has 0 N–H and O–H groups in total. The number of fused-ring (bicyclic) bond motifs is 14. The summed E-state index contributed by atoms with van der Waals surface area (Å²) in [6.07, 6.45) is 0. The largest absolute Gasteiger partial charge is 0.308 e. The van der Waals surface area contributed by atoms with Crippen LogP contribution in [-0.2, 0) is 10.8 Å². The van der Waals surface area contributed by atoms with Crippen LogP contribution in [0.3, 0.4) is 0 Å². The Hall–Kier alpha value is -6.09. The van der Waals surface area contributed by atoms with Crippen molar-refractivity contribution in [3.63, 3.8) is 0 Å². The molecule has 0 saturated heterocycles. The molecule has 4 aliphatic rings. The van der Waals surface area contributed by atoms with Gasteiger partial charge in [0.1, 0.15) is 0 Å². The zero-order valence-corrected chi connectivity index (χ0v) is 29.1. The highest BCUT2D eigenvalue weighted by Gasteiger charge is 2.60. The van der Waals surface area contributed by atoms with Crippen molar-refractivity contribution in [2.45, 2.75) is 20.6 Å². The Morgan fingerprint density at radius 1 is 0.308 bits per heavy atom. The second-order valence-electron chi connectivity index (χ2n) is 14.3. The maximum Gasteiger partial charge on any atom is 0.0740 e. The van der Waals surface area contributed by atoms with E-state index in [1.54, 1.807) is 0 Å². The van der Waals surface area contributed by atoms with Crippen LogP contribution in [0.15, 0.2) is 198 Å². The van der Waals surface area contributed by atoms with E-state index in [-0.39, 0.29) is 0 Å². The summed E-state index contributed by atoms with van der Waals surface area (Å²) in [5.74, 6) is 0. The van der Waals surface area contributed by atoms with Crippen LogP contribution in [0.4, 0.5) is 17.1 Å². The Labute approximate surface area is 307 Å². The molecule has 8 aromatic carbocycles. The molecule has 1 aliphatic heterocycles. The van der Waals surface area contributed by atoms with Gasteiger partial charge >= 0.3 is 0 Å². The lowest BCUT2D eigenvalue weighted by Gasteiger charge is -2.49. The zero-order chi connectivity index (χ0) is 34.0. The topological polar surface area (TPSA) is 3.24 Å². The lowest BCUT2D eigenvalue weighted by Crippen LogP contribution is -2.43. The van der Waals surface area contributed by atoms with Crippen molar-refractivity contribution in [3.8, 4) is 22.3 Å². The second kappa shape index (κ2) is 10.3. The normalized spacial score (nSPS) is 19.2. The zero-order valence-electron chi connectivity index (χ0n) is 28.3. The van der Waals surface area contributed by atoms with Crippen molar-refractivity contribution in [2.24, 2.45) is 0 Å². The Morgan fingerprint density at radius 3 is 1.42 bits per heavy atom. The summed E-state index contributed by atoms with van der Waals surface area (Å²) in [6, 6.07) is 70.9. The maximum atomic E-state index is 2.55. The van der Waals surface area contributed by atoms with Gasteiger partial charge < -0.3 is 4.90 Å². The molecule has 0 amide bonds. The summed E-state index contributed by atoms with van der Waals surface area (Å²) in [5, 5.41) is 0. The Kier molecular flexibility index (Phi) is 5.64. The minimum atomic E-state index is -0.570. The van der Waals surface area contributed by atoms with Gasteiger partial charge in [0, 0.05) is 15.4 Å². The third-order valence-corrected chi connectivity index (χ3v) is 13.2. The molecular formula is C50H31NS. The molecule has 0 radical (unpaired) electrons. The number of hydrogen-bond acceptors (Lipinski definition) is 2. The van der Waals surface area contributed by atoms with Gasteiger partial charge in [-0.2, -0.15) is 0 Å². The molecule has 1 nitrogen and oxygen atoms in total. The van der Waals surface area contributed by atoms with Gasteiger partial charge in [-0.3, -0.25) is 0 Å². The summed E-state index contributed by atoms with van der Waals surface area (Å²) >= 11 is 1.86. The van der Waals surface area contributed by atoms with E-state index in [0.29, 0.717) is 0 Å². The second-order valence-corrected chi connectivity index (χ2v) is 15.4. The van der Waals surface area contributed by atoms with Gasteiger partial charge in [-0.1, -0.05) is 169 Å². The molecule has 3 aliphatic carbocycles. The number of anilines is 3. The van der Waals surface area contributed by atoms with Crippen molar-refractivity contribution in [3.05, 3.63) is 233 Å². The molecule has 2 unspecified atom stereocenters. The SMILES string of the molecule is c1ccc(C23c4ccccc4-c4cccc(c42)C2(c4ccccc4-c4cccc(N5c6ccccc6Sc6ccccc65)c42)c2ccccc23)cc1. The van der Waals surface area contributed by atoms with Crippen molar-refractivity contribution < 1.29 is 0 Å². The first-order valence-corrected chi connectivity index (χ1v) is 18.9. The van der Waals surface area contributed by atoms with Crippen molar-refractivity contribution >= 4 is 28.8 Å². The van der Waals surface area contributed by atoms with Crippen LogP contribution in [-0.4, -0.2) is 0 Å². The smallest absolute Gasteiger partial charge is 0.0740 e. The standard InChI is InChI=1S/C50H31NS/c1-2-16-32(17-3-1)49-37-22-6-4-18-33(37)35-20-14-26-41(47(35)49)50(40-25-9-8-24-39(40)49)38-23-7-5-19-34(38)36-21-15-29-44(48(36)50)51-42-27-10-12-30-45(42)52-46-31-13-11-28-43(46)51/h1-31H. The molecule has 8 aromatic rings. The fraction of sp³-hybridized carbons (Fsp3) is 0.0400. The number of para-hydroxylation sites is 2. The molecule has 0 aromatic heterocycles. The van der Waals surface area contributed by atoms with E-state index in [9.17, 15) is 0 Å². The quantitative estimate of drug-likeness (QED) is 0.179. The minimum absolute atomic E-state index is 0.459. The fourth-order valence-corrected chi connectivity index (χ4v) is 11.5. The van der Waals surface area contributed by atoms with Crippen LogP contribution in [0.2, 0.25) is 0 Å². The van der Waals surface area contributed by atoms with E-state index in [2.05, 4.69) is 193 Å². The molecule has 52 heavy (non-hydrogen) atoms. The first kappa shape index (κ1) is 28.6. The highest BCUT2D eigenvalue weighted by molar-refractivity contribution is 7.99. The van der Waals surface area contributed by atoms with Gasteiger partial charge in [-0.15, -0.1) is 0 Å². The van der Waals surface area contributed by atoms with Crippen LogP contribution in [0.25, 0.3) is 22.3 Å². The molecule has 12 rings (SSSR count). The average Bonchev–Trinajstić information content (AvgIpc) is 3.69. The highest BCUT2D eigenvalue weighted by atomic mass is 32.2. The monoisotopic (exact) mass is 677 g/mol. The molecule has 0 saturated carbocycles. The van der Waals surface area contributed by atoms with E-state index in [1.807, 2.05) is 11.8 Å². The van der Waals surface area contributed by atoms with Gasteiger partial charge in [0.2, 0.25) is 0 Å². The van der Waals surface area contributed by atoms with Gasteiger partial charge in [0.25, 0.3) is 0 Å². The number of hydrogen-bond donors (Lipinski definition) is 0. The van der Waals surface area contributed by atoms with Crippen LogP contribution in [0.5, 0.6) is 0 Å². The van der Waals surface area contributed by atoms with Gasteiger partial charge in [0.05, 0.1) is 27.9 Å². The Morgan fingerprint density at radius 2 is 0.750 bits per heavy atom. The fourth-order valence-electron chi connectivity index (χ4n) is 10.4. The van der Waals surface area contributed by atoms with Gasteiger partial charge in [-0.25, -0.2) is 0 Å². The van der Waals surface area contributed by atoms with E-state index in [0.717, 1.165) is 0 Å². The van der Waals surface area contributed by atoms with Crippen LogP contribution in [0, 0.1) is 0 Å². The lowest BCUT2D eigenvalue weighted by atomic mass is 9.52. The van der Waals surface area contributed by atoms with Crippen LogP contribution < -0.4 is 4.90 Å². The molecule has 2 atom stereocenters. The van der Waals surface area contributed by atoms with Crippen molar-refractivity contribution in [2.75, 3.05) is 4.90 Å². The maximum absolute atomic E-state index is 2.55. The minimum Gasteiger partial charge on any atom is -0.308 e. The third-order valence-electron chi connectivity index (χ3n) is 12.1.